The van der Waals surface area contributed by atoms with Gasteiger partial charge in [-0.1, -0.05) is 0 Å². The Hall–Kier alpha value is -2.25. The fourth-order valence-corrected chi connectivity index (χ4v) is 3.50. The van der Waals surface area contributed by atoms with Gasteiger partial charge in [-0.25, -0.2) is 0 Å². The molecule has 1 saturated heterocycles. The molecule has 2 aromatic heterocycles. The molecule has 126 valence electrons. The van der Waals surface area contributed by atoms with Gasteiger partial charge in [-0.15, -0.1) is 11.3 Å². The van der Waals surface area contributed by atoms with Crippen molar-refractivity contribution in [3.8, 4) is 0 Å². The first kappa shape index (κ1) is 16.6. The van der Waals surface area contributed by atoms with Gasteiger partial charge in [-0.2, -0.15) is 0 Å². The predicted octanol–water partition coefficient (Wildman–Crippen LogP) is 2.15. The number of pyridine rings is 1. The van der Waals surface area contributed by atoms with Gasteiger partial charge in [0.15, 0.2) is 0 Å². The van der Waals surface area contributed by atoms with E-state index in [4.69, 9.17) is 4.74 Å². The van der Waals surface area contributed by atoms with E-state index >= 15 is 0 Å². The Kier molecular flexibility index (Phi) is 5.55. The summed E-state index contributed by atoms with van der Waals surface area (Å²) in [4.78, 5) is 29.6. The first-order valence-electron chi connectivity index (χ1n) is 7.92. The largest absolute Gasteiger partial charge is 0.373 e. The summed E-state index contributed by atoms with van der Waals surface area (Å²) in [5, 5.41) is 5.56. The van der Waals surface area contributed by atoms with Crippen LogP contribution in [-0.2, 0) is 4.74 Å². The van der Waals surface area contributed by atoms with Gasteiger partial charge in [0.25, 0.3) is 11.8 Å². The second-order valence-electron chi connectivity index (χ2n) is 5.46. The monoisotopic (exact) mass is 345 g/mol. The van der Waals surface area contributed by atoms with Gasteiger partial charge >= 0.3 is 0 Å². The Morgan fingerprint density at radius 1 is 1.21 bits per heavy atom. The first-order valence-corrected chi connectivity index (χ1v) is 8.73. The third-order valence-electron chi connectivity index (χ3n) is 3.72. The lowest BCUT2D eigenvalue weighted by Crippen LogP contribution is -2.34. The molecule has 6 nitrogen and oxygen atoms in total. The van der Waals surface area contributed by atoms with Crippen molar-refractivity contribution in [3.63, 3.8) is 0 Å². The quantitative estimate of drug-likeness (QED) is 0.786. The molecule has 7 heteroatoms. The van der Waals surface area contributed by atoms with Gasteiger partial charge in [-0.05, 0) is 37.1 Å². The number of thiophene rings is 1. The smallest absolute Gasteiger partial charge is 0.261 e. The molecule has 3 heterocycles. The van der Waals surface area contributed by atoms with Crippen LogP contribution in [0.25, 0.3) is 0 Å². The van der Waals surface area contributed by atoms with E-state index in [2.05, 4.69) is 15.6 Å². The highest BCUT2D eigenvalue weighted by atomic mass is 32.1. The molecular weight excluding hydrogens is 326 g/mol. The maximum absolute atomic E-state index is 12.1. The van der Waals surface area contributed by atoms with Crippen LogP contribution in [0.2, 0.25) is 0 Å². The van der Waals surface area contributed by atoms with E-state index in [0.29, 0.717) is 23.5 Å². The molecule has 2 N–H and O–H groups in total. The summed E-state index contributed by atoms with van der Waals surface area (Å²) in [6.45, 7) is 1.53. The predicted molar refractivity (Wildman–Crippen MR) is 91.1 cm³/mol. The summed E-state index contributed by atoms with van der Waals surface area (Å²) in [6.07, 6.45) is 5.34. The zero-order chi connectivity index (χ0) is 16.8. The maximum Gasteiger partial charge on any atom is 0.261 e. The molecule has 0 spiro atoms. The van der Waals surface area contributed by atoms with Crippen molar-refractivity contribution < 1.29 is 14.3 Å². The number of hydrogen-bond acceptors (Lipinski definition) is 5. The molecule has 24 heavy (non-hydrogen) atoms. The lowest BCUT2D eigenvalue weighted by molar-refractivity contribution is 0.0929. The van der Waals surface area contributed by atoms with E-state index in [9.17, 15) is 9.59 Å². The zero-order valence-electron chi connectivity index (χ0n) is 13.2. The van der Waals surface area contributed by atoms with Crippen molar-refractivity contribution in [2.75, 3.05) is 19.7 Å². The van der Waals surface area contributed by atoms with E-state index in [1.807, 2.05) is 12.1 Å². The van der Waals surface area contributed by atoms with Gasteiger partial charge in [0.2, 0.25) is 0 Å². The van der Waals surface area contributed by atoms with Crippen LogP contribution in [0.1, 0.15) is 43.9 Å². The van der Waals surface area contributed by atoms with Crippen LogP contribution in [0, 0.1) is 0 Å². The van der Waals surface area contributed by atoms with Gasteiger partial charge in [-0.3, -0.25) is 14.6 Å². The minimum atomic E-state index is -0.200. The molecule has 1 aliphatic rings. The number of carbonyl (C=O) groups is 2. The summed E-state index contributed by atoms with van der Waals surface area (Å²) >= 11 is 1.47. The summed E-state index contributed by atoms with van der Waals surface area (Å²) in [5.41, 5.74) is 0.503. The molecule has 0 unspecified atom stereocenters. The standard InChI is InChI=1S/C17H19N3O3S/c21-16(12-3-1-7-18-11-12)19-8-9-20-17(22)15-6-5-14(24-15)13-4-2-10-23-13/h1,3,5-7,11,13H,2,4,8-10H2,(H,19,21)(H,20,22)/t13-/m1/s1. The number of ether oxygens (including phenoxy) is 1. The normalized spacial score (nSPS) is 16.8. The molecule has 0 aromatic carbocycles. The highest BCUT2D eigenvalue weighted by molar-refractivity contribution is 7.14. The lowest BCUT2D eigenvalue weighted by Gasteiger charge is -2.07. The van der Waals surface area contributed by atoms with E-state index in [1.165, 1.54) is 17.5 Å². The average molecular weight is 345 g/mol. The Labute approximate surface area is 144 Å². The number of rotatable bonds is 6. The molecule has 3 rings (SSSR count). The number of nitrogens with zero attached hydrogens (tertiary/aromatic N) is 1. The van der Waals surface area contributed by atoms with Gasteiger partial charge in [0.1, 0.15) is 0 Å². The summed E-state index contributed by atoms with van der Waals surface area (Å²) < 4.78 is 5.63. The summed E-state index contributed by atoms with van der Waals surface area (Å²) in [5.74, 6) is -0.325. The maximum atomic E-state index is 12.1. The third-order valence-corrected chi connectivity index (χ3v) is 4.89. The highest BCUT2D eigenvalue weighted by Crippen LogP contribution is 2.33. The number of hydrogen-bond donors (Lipinski definition) is 2. The Bertz CT molecular complexity index is 696. The van der Waals surface area contributed by atoms with Gasteiger partial charge < -0.3 is 15.4 Å². The fourth-order valence-electron chi connectivity index (χ4n) is 2.49. The van der Waals surface area contributed by atoms with Gasteiger partial charge in [0, 0.05) is 37.0 Å². The van der Waals surface area contributed by atoms with Gasteiger partial charge in [0.05, 0.1) is 16.5 Å². The second kappa shape index (κ2) is 8.03. The molecule has 0 saturated carbocycles. The van der Waals surface area contributed by atoms with Crippen molar-refractivity contribution >= 4 is 23.2 Å². The van der Waals surface area contributed by atoms with E-state index in [0.717, 1.165) is 24.3 Å². The van der Waals surface area contributed by atoms with Crippen LogP contribution in [0.5, 0.6) is 0 Å². The van der Waals surface area contributed by atoms with Crippen LogP contribution >= 0.6 is 11.3 Å². The highest BCUT2D eigenvalue weighted by Gasteiger charge is 2.20. The van der Waals surface area contributed by atoms with Crippen LogP contribution < -0.4 is 10.6 Å². The van der Waals surface area contributed by atoms with Crippen LogP contribution in [0.4, 0.5) is 0 Å². The molecule has 1 aliphatic heterocycles. The number of aromatic nitrogens is 1. The SMILES string of the molecule is O=C(NCCNC(=O)c1ccc([C@H]2CCCO2)s1)c1cccnc1. The zero-order valence-corrected chi connectivity index (χ0v) is 14.0. The molecule has 0 radical (unpaired) electrons. The first-order chi connectivity index (χ1) is 11.7. The van der Waals surface area contributed by atoms with Crippen molar-refractivity contribution in [1.82, 2.24) is 15.6 Å². The Morgan fingerprint density at radius 2 is 2.04 bits per heavy atom. The Morgan fingerprint density at radius 3 is 2.75 bits per heavy atom. The van der Waals surface area contributed by atoms with E-state index < -0.39 is 0 Å². The Balaban J connectivity index is 1.42. The minimum absolute atomic E-state index is 0.125. The topological polar surface area (TPSA) is 80.3 Å². The summed E-state index contributed by atoms with van der Waals surface area (Å²) in [6, 6.07) is 7.18. The molecule has 2 amide bonds. The molecule has 2 aromatic rings. The van der Waals surface area contributed by atoms with Crippen LogP contribution in [0.15, 0.2) is 36.7 Å². The van der Waals surface area contributed by atoms with Crippen molar-refractivity contribution in [3.05, 3.63) is 52.0 Å². The molecule has 1 fully saturated rings. The van der Waals surface area contributed by atoms with Crippen molar-refractivity contribution in [2.45, 2.75) is 18.9 Å². The fraction of sp³-hybridized carbons (Fsp3) is 0.353. The summed E-state index contributed by atoms with van der Waals surface area (Å²) in [7, 11) is 0. The number of carbonyl (C=O) groups excluding carboxylic acids is 2. The molecule has 0 aliphatic carbocycles. The second-order valence-corrected chi connectivity index (χ2v) is 6.57. The van der Waals surface area contributed by atoms with Crippen molar-refractivity contribution in [2.24, 2.45) is 0 Å². The third kappa shape index (κ3) is 4.18. The number of nitrogens with one attached hydrogen (secondary N) is 2. The van der Waals surface area contributed by atoms with E-state index in [1.54, 1.807) is 18.3 Å². The van der Waals surface area contributed by atoms with E-state index in [-0.39, 0.29) is 17.9 Å². The van der Waals surface area contributed by atoms with Crippen LogP contribution in [0.3, 0.4) is 0 Å². The average Bonchev–Trinajstić information content (AvgIpc) is 3.30. The van der Waals surface area contributed by atoms with Crippen LogP contribution in [-0.4, -0.2) is 36.5 Å². The lowest BCUT2D eigenvalue weighted by atomic mass is 10.2. The number of amides is 2. The van der Waals surface area contributed by atoms with Crippen molar-refractivity contribution in [1.29, 1.82) is 0 Å². The molecule has 1 atom stereocenters. The minimum Gasteiger partial charge on any atom is -0.373 e. The molecule has 0 bridgehead atoms. The molecular formula is C17H19N3O3S.